The Morgan fingerprint density at radius 3 is 2.62 bits per heavy atom. The summed E-state index contributed by atoms with van der Waals surface area (Å²) in [7, 11) is 0. The van der Waals surface area contributed by atoms with Gasteiger partial charge < -0.3 is 10.6 Å². The van der Waals surface area contributed by atoms with Gasteiger partial charge in [0.1, 0.15) is 5.82 Å². The summed E-state index contributed by atoms with van der Waals surface area (Å²) in [5, 5.41) is 0. The first-order chi connectivity index (χ1) is 7.72. The van der Waals surface area contributed by atoms with Crippen LogP contribution in [-0.2, 0) is 6.54 Å². The lowest BCUT2D eigenvalue weighted by molar-refractivity contribution is 0.721. The third kappa shape index (κ3) is 3.20. The van der Waals surface area contributed by atoms with Crippen molar-refractivity contribution >= 4 is 5.82 Å². The molecule has 0 fully saturated rings. The van der Waals surface area contributed by atoms with Crippen molar-refractivity contribution in [2.75, 3.05) is 18.0 Å². The molecule has 0 radical (unpaired) electrons. The van der Waals surface area contributed by atoms with Gasteiger partial charge in [-0.1, -0.05) is 13.3 Å². The molecule has 2 N–H and O–H groups in total. The van der Waals surface area contributed by atoms with E-state index in [4.69, 9.17) is 5.73 Å². The van der Waals surface area contributed by atoms with Gasteiger partial charge in [-0.2, -0.15) is 0 Å². The molecule has 16 heavy (non-hydrogen) atoms. The number of unbranched alkanes of at least 4 members (excludes halogenated alkanes) is 1. The third-order valence-corrected chi connectivity index (χ3v) is 2.81. The zero-order chi connectivity index (χ0) is 12.0. The van der Waals surface area contributed by atoms with Crippen LogP contribution >= 0.6 is 0 Å². The first-order valence-electron chi connectivity index (χ1n) is 6.13. The molecule has 1 aromatic rings. The summed E-state index contributed by atoms with van der Waals surface area (Å²) in [6, 6.07) is 2.14. The Morgan fingerprint density at radius 1 is 1.38 bits per heavy atom. The van der Waals surface area contributed by atoms with Crippen LogP contribution in [0.25, 0.3) is 0 Å². The Hall–Kier alpha value is -1.09. The van der Waals surface area contributed by atoms with Gasteiger partial charge in [0.05, 0.1) is 0 Å². The van der Waals surface area contributed by atoms with E-state index in [1.165, 1.54) is 18.4 Å². The van der Waals surface area contributed by atoms with Gasteiger partial charge in [0.15, 0.2) is 0 Å². The van der Waals surface area contributed by atoms with Crippen LogP contribution in [0, 0.1) is 6.92 Å². The number of rotatable bonds is 6. The molecule has 1 heterocycles. The van der Waals surface area contributed by atoms with E-state index in [0.29, 0.717) is 6.54 Å². The summed E-state index contributed by atoms with van der Waals surface area (Å²) in [6.07, 6.45) is 4.32. The molecule has 0 aliphatic heterocycles. The second-order valence-electron chi connectivity index (χ2n) is 4.12. The summed E-state index contributed by atoms with van der Waals surface area (Å²) in [5.41, 5.74) is 7.93. The van der Waals surface area contributed by atoms with Crippen LogP contribution in [0.2, 0.25) is 0 Å². The van der Waals surface area contributed by atoms with Gasteiger partial charge in [-0.05, 0) is 37.5 Å². The normalized spacial score (nSPS) is 10.5. The number of hydrogen-bond donors (Lipinski definition) is 1. The quantitative estimate of drug-likeness (QED) is 0.802. The zero-order valence-corrected chi connectivity index (χ0v) is 10.7. The lowest BCUT2D eigenvalue weighted by atomic mass is 10.2. The van der Waals surface area contributed by atoms with E-state index in [0.717, 1.165) is 24.5 Å². The van der Waals surface area contributed by atoms with Gasteiger partial charge in [0.2, 0.25) is 0 Å². The fraction of sp³-hybridized carbons (Fsp3) is 0.615. The number of pyridine rings is 1. The Kier molecular flexibility index (Phi) is 5.26. The highest BCUT2D eigenvalue weighted by molar-refractivity contribution is 5.47. The Bertz CT molecular complexity index is 323. The molecule has 0 saturated heterocycles. The first kappa shape index (κ1) is 13.0. The summed E-state index contributed by atoms with van der Waals surface area (Å²) in [4.78, 5) is 6.85. The molecule has 0 bridgehead atoms. The molecule has 0 aliphatic rings. The lowest BCUT2D eigenvalue weighted by Crippen LogP contribution is -2.25. The maximum Gasteiger partial charge on any atom is 0.131 e. The van der Waals surface area contributed by atoms with E-state index in [2.05, 4.69) is 36.7 Å². The molecule has 0 atom stereocenters. The van der Waals surface area contributed by atoms with Crippen molar-refractivity contribution in [2.24, 2.45) is 5.73 Å². The smallest absolute Gasteiger partial charge is 0.131 e. The largest absolute Gasteiger partial charge is 0.357 e. The van der Waals surface area contributed by atoms with E-state index in [1.807, 2.05) is 6.20 Å². The van der Waals surface area contributed by atoms with Crippen LogP contribution in [0.4, 0.5) is 5.82 Å². The van der Waals surface area contributed by atoms with Crippen molar-refractivity contribution in [3.8, 4) is 0 Å². The fourth-order valence-electron chi connectivity index (χ4n) is 1.83. The number of aromatic nitrogens is 1. The van der Waals surface area contributed by atoms with Crippen LogP contribution in [0.3, 0.4) is 0 Å². The van der Waals surface area contributed by atoms with Crippen molar-refractivity contribution < 1.29 is 0 Å². The number of hydrogen-bond acceptors (Lipinski definition) is 3. The monoisotopic (exact) mass is 221 g/mol. The number of nitrogens with two attached hydrogens (primary N) is 1. The molecule has 1 aromatic heterocycles. The maximum atomic E-state index is 5.60. The summed E-state index contributed by atoms with van der Waals surface area (Å²) >= 11 is 0. The molecule has 1 rings (SSSR count). The minimum absolute atomic E-state index is 0.565. The second kappa shape index (κ2) is 6.48. The van der Waals surface area contributed by atoms with Crippen LogP contribution in [0.5, 0.6) is 0 Å². The summed E-state index contributed by atoms with van der Waals surface area (Å²) < 4.78 is 0. The SMILES string of the molecule is CCCCN(CC)c1ncc(CN)cc1C. The van der Waals surface area contributed by atoms with Crippen molar-refractivity contribution in [1.29, 1.82) is 0 Å². The molecule has 0 spiro atoms. The van der Waals surface area contributed by atoms with Gasteiger partial charge in [0, 0.05) is 25.8 Å². The molecular weight excluding hydrogens is 198 g/mol. The third-order valence-electron chi connectivity index (χ3n) is 2.81. The number of aryl methyl sites for hydroxylation is 1. The van der Waals surface area contributed by atoms with E-state index >= 15 is 0 Å². The second-order valence-corrected chi connectivity index (χ2v) is 4.12. The maximum absolute atomic E-state index is 5.60. The Morgan fingerprint density at radius 2 is 2.12 bits per heavy atom. The molecule has 0 aliphatic carbocycles. The predicted molar refractivity (Wildman–Crippen MR) is 69.7 cm³/mol. The molecule has 0 aromatic carbocycles. The molecule has 0 amide bonds. The van der Waals surface area contributed by atoms with Crippen LogP contribution in [0.15, 0.2) is 12.3 Å². The van der Waals surface area contributed by atoms with E-state index in [9.17, 15) is 0 Å². The topological polar surface area (TPSA) is 42.2 Å². The van der Waals surface area contributed by atoms with E-state index in [1.54, 1.807) is 0 Å². The first-order valence-corrected chi connectivity index (χ1v) is 6.13. The van der Waals surface area contributed by atoms with Gasteiger partial charge in [-0.15, -0.1) is 0 Å². The minimum Gasteiger partial charge on any atom is -0.357 e. The van der Waals surface area contributed by atoms with Gasteiger partial charge in [0.25, 0.3) is 0 Å². The van der Waals surface area contributed by atoms with Gasteiger partial charge in [-0.25, -0.2) is 4.98 Å². The number of nitrogens with zero attached hydrogens (tertiary/aromatic N) is 2. The van der Waals surface area contributed by atoms with E-state index in [-0.39, 0.29) is 0 Å². The molecule has 3 nitrogen and oxygen atoms in total. The molecule has 0 unspecified atom stereocenters. The van der Waals surface area contributed by atoms with Crippen LogP contribution in [-0.4, -0.2) is 18.1 Å². The molecular formula is C13H23N3. The molecule has 90 valence electrons. The molecule has 0 saturated carbocycles. The van der Waals surface area contributed by atoms with Crippen LogP contribution in [0.1, 0.15) is 37.8 Å². The highest BCUT2D eigenvalue weighted by Crippen LogP contribution is 2.18. The fourth-order valence-corrected chi connectivity index (χ4v) is 1.83. The van der Waals surface area contributed by atoms with Crippen LogP contribution < -0.4 is 10.6 Å². The highest BCUT2D eigenvalue weighted by atomic mass is 15.2. The lowest BCUT2D eigenvalue weighted by Gasteiger charge is -2.23. The van der Waals surface area contributed by atoms with Crippen molar-refractivity contribution in [2.45, 2.75) is 40.2 Å². The summed E-state index contributed by atoms with van der Waals surface area (Å²) in [6.45, 7) is 9.16. The Balaban J connectivity index is 2.83. The summed E-state index contributed by atoms with van der Waals surface area (Å²) in [5.74, 6) is 1.10. The highest BCUT2D eigenvalue weighted by Gasteiger charge is 2.08. The molecule has 3 heteroatoms. The van der Waals surface area contributed by atoms with Gasteiger partial charge >= 0.3 is 0 Å². The van der Waals surface area contributed by atoms with Gasteiger partial charge in [-0.3, -0.25) is 0 Å². The van der Waals surface area contributed by atoms with Crippen molar-refractivity contribution in [3.05, 3.63) is 23.4 Å². The predicted octanol–water partition coefficient (Wildman–Crippen LogP) is 2.48. The standard InChI is InChI=1S/C13H23N3/c1-4-6-7-16(5-2)13-11(3)8-12(9-14)10-15-13/h8,10H,4-7,9,14H2,1-3H3. The Labute approximate surface area is 98.7 Å². The zero-order valence-electron chi connectivity index (χ0n) is 10.7. The average molecular weight is 221 g/mol. The average Bonchev–Trinajstić information content (AvgIpc) is 2.31. The van der Waals surface area contributed by atoms with Crippen molar-refractivity contribution in [1.82, 2.24) is 4.98 Å². The van der Waals surface area contributed by atoms with Crippen molar-refractivity contribution in [3.63, 3.8) is 0 Å². The number of anilines is 1. The minimum atomic E-state index is 0.565. The van der Waals surface area contributed by atoms with E-state index < -0.39 is 0 Å².